The number of H-pyrrole nitrogens is 1. The SMILES string of the molecule is Cc1nn(-c2ccccc2)c(C)c1C=CC(=O)N(C)Cc1nc2ccccc2c(=O)[nH]1. The molecule has 4 aromatic rings. The number of aryl methyl sites for hydroxylation is 1. The Morgan fingerprint density at radius 2 is 1.81 bits per heavy atom. The smallest absolute Gasteiger partial charge is 0.258 e. The van der Waals surface area contributed by atoms with E-state index in [1.54, 1.807) is 31.3 Å². The molecule has 7 heteroatoms. The van der Waals surface area contributed by atoms with Crippen molar-refractivity contribution < 1.29 is 4.79 Å². The molecule has 0 aliphatic carbocycles. The molecule has 0 saturated heterocycles. The molecular formula is C24H23N5O2. The summed E-state index contributed by atoms with van der Waals surface area (Å²) in [5.41, 5.74) is 4.07. The number of rotatable bonds is 5. The van der Waals surface area contributed by atoms with Crippen molar-refractivity contribution in [3.63, 3.8) is 0 Å². The largest absolute Gasteiger partial charge is 0.335 e. The quantitative estimate of drug-likeness (QED) is 0.508. The maximum Gasteiger partial charge on any atom is 0.258 e. The Hall–Kier alpha value is -4.00. The maximum absolute atomic E-state index is 12.7. The van der Waals surface area contributed by atoms with E-state index in [9.17, 15) is 9.59 Å². The lowest BCUT2D eigenvalue weighted by atomic mass is 10.2. The number of nitrogens with one attached hydrogen (secondary N) is 1. The molecule has 31 heavy (non-hydrogen) atoms. The zero-order valence-corrected chi connectivity index (χ0v) is 17.7. The lowest BCUT2D eigenvalue weighted by Gasteiger charge is -2.14. The van der Waals surface area contributed by atoms with Crippen LogP contribution >= 0.6 is 0 Å². The molecule has 4 rings (SSSR count). The van der Waals surface area contributed by atoms with Crippen LogP contribution < -0.4 is 5.56 Å². The number of fused-ring (bicyclic) bond motifs is 1. The third kappa shape index (κ3) is 4.16. The van der Waals surface area contributed by atoms with Crippen molar-refractivity contribution in [1.29, 1.82) is 0 Å². The topological polar surface area (TPSA) is 83.9 Å². The highest BCUT2D eigenvalue weighted by Gasteiger charge is 2.13. The first kappa shape index (κ1) is 20.3. The van der Waals surface area contributed by atoms with E-state index in [4.69, 9.17) is 0 Å². The molecule has 7 nitrogen and oxygen atoms in total. The minimum atomic E-state index is -0.212. The zero-order chi connectivity index (χ0) is 22.0. The molecule has 0 radical (unpaired) electrons. The number of nitrogens with zero attached hydrogens (tertiary/aromatic N) is 4. The first-order valence-corrected chi connectivity index (χ1v) is 9.97. The molecule has 0 spiro atoms. The highest BCUT2D eigenvalue weighted by molar-refractivity contribution is 5.92. The highest BCUT2D eigenvalue weighted by Crippen LogP contribution is 2.19. The van der Waals surface area contributed by atoms with Gasteiger partial charge < -0.3 is 9.88 Å². The molecule has 2 aromatic heterocycles. The molecule has 0 aliphatic heterocycles. The predicted octanol–water partition coefficient (Wildman–Crippen LogP) is 3.40. The van der Waals surface area contributed by atoms with Crippen LogP contribution in [0.15, 0.2) is 65.5 Å². The van der Waals surface area contributed by atoms with Crippen molar-refractivity contribution in [3.8, 4) is 5.69 Å². The van der Waals surface area contributed by atoms with E-state index in [1.165, 1.54) is 11.0 Å². The maximum atomic E-state index is 12.7. The fourth-order valence-electron chi connectivity index (χ4n) is 3.51. The molecule has 1 amide bonds. The number of carbonyl (C=O) groups is 1. The average Bonchev–Trinajstić information content (AvgIpc) is 3.06. The third-order valence-corrected chi connectivity index (χ3v) is 5.17. The second kappa shape index (κ2) is 8.39. The van der Waals surface area contributed by atoms with Crippen molar-refractivity contribution >= 4 is 22.9 Å². The summed E-state index contributed by atoms with van der Waals surface area (Å²) < 4.78 is 1.87. The summed E-state index contributed by atoms with van der Waals surface area (Å²) >= 11 is 0. The lowest BCUT2D eigenvalue weighted by molar-refractivity contribution is -0.125. The van der Waals surface area contributed by atoms with Gasteiger partial charge in [-0.15, -0.1) is 0 Å². The fraction of sp³-hybridized carbons (Fsp3) is 0.167. The molecule has 2 heterocycles. The Morgan fingerprint density at radius 1 is 1.10 bits per heavy atom. The van der Waals surface area contributed by atoms with Gasteiger partial charge in [-0.05, 0) is 44.2 Å². The van der Waals surface area contributed by atoms with E-state index in [0.29, 0.717) is 16.7 Å². The first-order chi connectivity index (χ1) is 14.9. The van der Waals surface area contributed by atoms with Gasteiger partial charge in [0.25, 0.3) is 5.56 Å². The van der Waals surface area contributed by atoms with Gasteiger partial charge in [-0.1, -0.05) is 30.3 Å². The van der Waals surface area contributed by atoms with Gasteiger partial charge in [-0.2, -0.15) is 5.10 Å². The van der Waals surface area contributed by atoms with Crippen molar-refractivity contribution in [1.82, 2.24) is 24.6 Å². The summed E-state index contributed by atoms with van der Waals surface area (Å²) in [5.74, 6) is 0.249. The van der Waals surface area contributed by atoms with E-state index in [-0.39, 0.29) is 18.0 Å². The zero-order valence-electron chi connectivity index (χ0n) is 17.7. The van der Waals surface area contributed by atoms with Crippen LogP contribution in [0.2, 0.25) is 0 Å². The van der Waals surface area contributed by atoms with Crippen LogP contribution in [0.4, 0.5) is 0 Å². The summed E-state index contributed by atoms with van der Waals surface area (Å²) in [7, 11) is 1.68. The number of carbonyl (C=O) groups excluding carboxylic acids is 1. The fourth-order valence-corrected chi connectivity index (χ4v) is 3.51. The third-order valence-electron chi connectivity index (χ3n) is 5.17. The molecule has 156 valence electrons. The van der Waals surface area contributed by atoms with Crippen molar-refractivity contribution in [3.05, 3.63) is 93.8 Å². The van der Waals surface area contributed by atoms with Gasteiger partial charge in [-0.3, -0.25) is 9.59 Å². The number of para-hydroxylation sites is 2. The summed E-state index contributed by atoms with van der Waals surface area (Å²) in [6, 6.07) is 17.0. The van der Waals surface area contributed by atoms with Gasteiger partial charge >= 0.3 is 0 Å². The van der Waals surface area contributed by atoms with Crippen LogP contribution in [0.5, 0.6) is 0 Å². The second-order valence-electron chi connectivity index (χ2n) is 7.39. The molecular weight excluding hydrogens is 390 g/mol. The van der Waals surface area contributed by atoms with Crippen molar-refractivity contribution in [2.75, 3.05) is 7.05 Å². The lowest BCUT2D eigenvalue weighted by Crippen LogP contribution is -2.26. The number of benzene rings is 2. The first-order valence-electron chi connectivity index (χ1n) is 9.97. The summed E-state index contributed by atoms with van der Waals surface area (Å²) in [6.07, 6.45) is 3.30. The van der Waals surface area contributed by atoms with Gasteiger partial charge in [0.2, 0.25) is 5.91 Å². The number of aromatic amines is 1. The van der Waals surface area contributed by atoms with Gasteiger partial charge in [0.05, 0.1) is 28.8 Å². The molecule has 2 aromatic carbocycles. The van der Waals surface area contributed by atoms with Crippen LogP contribution in [0, 0.1) is 13.8 Å². The molecule has 0 aliphatic rings. The number of likely N-dealkylation sites (N-methyl/N-ethyl adjacent to an activating group) is 1. The Balaban J connectivity index is 1.52. The van der Waals surface area contributed by atoms with Gasteiger partial charge in [0.15, 0.2) is 0 Å². The van der Waals surface area contributed by atoms with Gasteiger partial charge in [0.1, 0.15) is 5.82 Å². The van der Waals surface area contributed by atoms with E-state index >= 15 is 0 Å². The van der Waals surface area contributed by atoms with E-state index < -0.39 is 0 Å². The van der Waals surface area contributed by atoms with Crippen LogP contribution in [-0.2, 0) is 11.3 Å². The number of hydrogen-bond donors (Lipinski definition) is 1. The Bertz CT molecular complexity index is 1340. The van der Waals surface area contributed by atoms with Crippen LogP contribution in [0.1, 0.15) is 22.8 Å². The predicted molar refractivity (Wildman–Crippen MR) is 121 cm³/mol. The minimum absolute atomic E-state index is 0.193. The highest BCUT2D eigenvalue weighted by atomic mass is 16.2. The minimum Gasteiger partial charge on any atom is -0.335 e. The molecule has 0 atom stereocenters. The van der Waals surface area contributed by atoms with Crippen molar-refractivity contribution in [2.24, 2.45) is 0 Å². The Morgan fingerprint density at radius 3 is 2.58 bits per heavy atom. The van der Waals surface area contributed by atoms with E-state index in [1.807, 2.05) is 54.9 Å². The van der Waals surface area contributed by atoms with Crippen LogP contribution in [0.3, 0.4) is 0 Å². The van der Waals surface area contributed by atoms with Crippen LogP contribution in [-0.4, -0.2) is 37.6 Å². The number of hydrogen-bond acceptors (Lipinski definition) is 4. The average molecular weight is 413 g/mol. The number of aromatic nitrogens is 4. The molecule has 0 unspecified atom stereocenters. The molecule has 1 N–H and O–H groups in total. The summed E-state index contributed by atoms with van der Waals surface area (Å²) in [4.78, 5) is 33.6. The Labute approximate surface area is 179 Å². The standard InChI is InChI=1S/C24H23N5O2/c1-16-19(17(2)29(27-16)18-9-5-4-6-10-18)13-14-23(30)28(3)15-22-25-21-12-8-7-11-20(21)24(31)26-22/h4-14H,15H2,1-3H3,(H,25,26,31). The summed E-state index contributed by atoms with van der Waals surface area (Å²) in [5, 5.41) is 5.13. The van der Waals surface area contributed by atoms with Crippen molar-refractivity contribution in [2.45, 2.75) is 20.4 Å². The Kier molecular flexibility index (Phi) is 5.49. The summed E-state index contributed by atoms with van der Waals surface area (Å²) in [6.45, 7) is 4.10. The number of amides is 1. The van der Waals surface area contributed by atoms with Gasteiger partial charge in [-0.25, -0.2) is 9.67 Å². The molecule has 0 fully saturated rings. The van der Waals surface area contributed by atoms with Crippen LogP contribution in [0.25, 0.3) is 22.7 Å². The van der Waals surface area contributed by atoms with Gasteiger partial charge in [0, 0.05) is 24.4 Å². The normalized spacial score (nSPS) is 11.3. The van der Waals surface area contributed by atoms with E-state index in [2.05, 4.69) is 15.1 Å². The van der Waals surface area contributed by atoms with E-state index in [0.717, 1.165) is 22.6 Å². The molecule has 0 bridgehead atoms. The monoisotopic (exact) mass is 413 g/mol. The second-order valence-corrected chi connectivity index (χ2v) is 7.39. The molecule has 0 saturated carbocycles.